The minimum atomic E-state index is -4.96. The Bertz CT molecular complexity index is 1940. The maximum Gasteiger partial charge on any atom is 0.472 e. The highest BCUT2D eigenvalue weighted by Gasteiger charge is 2.30. The third-order valence-corrected chi connectivity index (χ3v) is 21.1. The highest BCUT2D eigenvalue weighted by molar-refractivity contribution is 7.47. The van der Waals surface area contributed by atoms with Gasteiger partial charge >= 0.3 is 39.5 Å². The number of rotatable bonds is 79. The number of esters is 4. The summed E-state index contributed by atoms with van der Waals surface area (Å²) in [5.41, 5.74) is 0. The normalized spacial score (nSPS) is 14.2. The van der Waals surface area contributed by atoms with Crippen molar-refractivity contribution in [3.05, 3.63) is 0 Å². The number of aliphatic hydroxyl groups is 1. The van der Waals surface area contributed by atoms with Crippen LogP contribution in [0.2, 0.25) is 0 Å². The smallest absolute Gasteiger partial charge is 0.462 e. The van der Waals surface area contributed by atoms with Crippen LogP contribution in [-0.4, -0.2) is 96.7 Å². The highest BCUT2D eigenvalue weighted by atomic mass is 31.2. The molecule has 0 aliphatic carbocycles. The van der Waals surface area contributed by atoms with Gasteiger partial charge in [-0.1, -0.05) is 370 Å². The van der Waals surface area contributed by atoms with Crippen LogP contribution in [-0.2, 0) is 65.4 Å². The van der Waals surface area contributed by atoms with E-state index < -0.39 is 97.5 Å². The third kappa shape index (κ3) is 73.0. The van der Waals surface area contributed by atoms with Crippen molar-refractivity contribution in [1.82, 2.24) is 0 Å². The highest BCUT2D eigenvalue weighted by Crippen LogP contribution is 2.45. The van der Waals surface area contributed by atoms with Gasteiger partial charge in [-0.3, -0.25) is 37.3 Å². The molecule has 594 valence electrons. The molecule has 0 fully saturated rings. The van der Waals surface area contributed by atoms with Crippen molar-refractivity contribution >= 4 is 39.5 Å². The van der Waals surface area contributed by atoms with Crippen LogP contribution in [0.1, 0.15) is 421 Å². The fourth-order valence-electron chi connectivity index (χ4n) is 12.5. The molecule has 0 amide bonds. The average molecular weight is 1470 g/mol. The molecule has 0 aromatic rings. The maximum absolute atomic E-state index is 13.1. The summed E-state index contributed by atoms with van der Waals surface area (Å²) in [5.74, 6) is 0.294. The zero-order valence-electron chi connectivity index (χ0n) is 65.7. The SMILES string of the molecule is CCCCCCCCCCCCCC(=O)OC[C@H](COP(=O)(O)OC[C@H](O)COP(=O)(O)OC[C@@H](COC(=O)CCCCCCCCCCCCCCCC(C)C)OC(=O)CCCCCCCCCCCCCCCCCCC(C)C)OC(=O)CCCCCCCCCCCCC(C)CC. The molecule has 0 aliphatic heterocycles. The number of ether oxygens (including phenoxy) is 4. The fraction of sp³-hybridized carbons (Fsp3) is 0.951. The van der Waals surface area contributed by atoms with Crippen molar-refractivity contribution in [1.29, 1.82) is 0 Å². The zero-order valence-corrected chi connectivity index (χ0v) is 67.5. The fourth-order valence-corrected chi connectivity index (χ4v) is 14.0. The molecule has 0 heterocycles. The van der Waals surface area contributed by atoms with E-state index >= 15 is 0 Å². The van der Waals surface area contributed by atoms with E-state index in [2.05, 4.69) is 48.5 Å². The number of hydrogen-bond donors (Lipinski definition) is 3. The van der Waals surface area contributed by atoms with Crippen molar-refractivity contribution in [2.24, 2.45) is 17.8 Å². The van der Waals surface area contributed by atoms with E-state index in [9.17, 15) is 43.2 Å². The molecule has 0 aromatic carbocycles. The summed E-state index contributed by atoms with van der Waals surface area (Å²) in [7, 11) is -9.92. The van der Waals surface area contributed by atoms with Crippen LogP contribution in [0, 0.1) is 17.8 Å². The van der Waals surface area contributed by atoms with Gasteiger partial charge in [0.05, 0.1) is 26.4 Å². The number of phosphoric acid groups is 2. The van der Waals surface area contributed by atoms with Crippen molar-refractivity contribution in [2.45, 2.75) is 439 Å². The van der Waals surface area contributed by atoms with Gasteiger partial charge in [0.1, 0.15) is 19.3 Å². The quantitative estimate of drug-likeness (QED) is 0.0222. The van der Waals surface area contributed by atoms with Crippen LogP contribution in [0.5, 0.6) is 0 Å². The monoisotopic (exact) mass is 1470 g/mol. The molecule has 0 rings (SSSR count). The van der Waals surface area contributed by atoms with E-state index in [0.29, 0.717) is 25.7 Å². The average Bonchev–Trinajstić information content (AvgIpc) is 0.926. The Kier molecular flexibility index (Phi) is 69.9. The Labute approximate surface area is 613 Å². The van der Waals surface area contributed by atoms with Crippen LogP contribution < -0.4 is 0 Å². The lowest BCUT2D eigenvalue weighted by Crippen LogP contribution is -2.30. The van der Waals surface area contributed by atoms with E-state index in [1.54, 1.807) is 0 Å². The van der Waals surface area contributed by atoms with E-state index in [-0.39, 0.29) is 25.7 Å². The van der Waals surface area contributed by atoms with Crippen molar-refractivity contribution in [3.8, 4) is 0 Å². The summed E-state index contributed by atoms with van der Waals surface area (Å²) in [6, 6.07) is 0. The van der Waals surface area contributed by atoms with Gasteiger partial charge in [-0.25, -0.2) is 9.13 Å². The van der Waals surface area contributed by atoms with Crippen molar-refractivity contribution in [3.63, 3.8) is 0 Å². The first-order valence-corrected chi connectivity index (χ1v) is 44.9. The number of unbranched alkanes of at least 4 members (excludes halogenated alkanes) is 46. The first-order valence-electron chi connectivity index (χ1n) is 41.9. The molecule has 0 saturated heterocycles. The van der Waals surface area contributed by atoms with E-state index in [1.165, 1.54) is 231 Å². The van der Waals surface area contributed by atoms with Gasteiger partial charge in [0.15, 0.2) is 12.2 Å². The third-order valence-electron chi connectivity index (χ3n) is 19.2. The molecule has 0 spiro atoms. The van der Waals surface area contributed by atoms with Crippen LogP contribution in [0.15, 0.2) is 0 Å². The summed E-state index contributed by atoms with van der Waals surface area (Å²) in [4.78, 5) is 73.0. The van der Waals surface area contributed by atoms with Crippen LogP contribution in [0.25, 0.3) is 0 Å². The van der Waals surface area contributed by atoms with Crippen molar-refractivity contribution < 1.29 is 80.2 Å². The first kappa shape index (κ1) is 98.1. The number of carbonyl (C=O) groups excluding carboxylic acids is 4. The lowest BCUT2D eigenvalue weighted by molar-refractivity contribution is -0.161. The molecule has 0 aliphatic rings. The predicted octanol–water partition coefficient (Wildman–Crippen LogP) is 24.1. The van der Waals surface area contributed by atoms with E-state index in [1.807, 2.05) is 0 Å². The standard InChI is InChI=1S/C81H158O17P2/c1-8-10-11-12-13-14-24-34-41-48-55-62-78(83)91-68-77(98-81(86)65-58-51-44-37-30-29-33-40-47-54-61-74(7)9-2)71-96-100(89,90)94-67-75(82)66-93-99(87,88)95-70-76(69-92-79(84)63-56-49-42-35-27-23-19-21-26-32-39-46-53-60-73(5)6)97-80(85)64-57-50-43-36-28-22-18-16-15-17-20-25-31-38-45-52-59-72(3)4/h72-77,82H,8-71H2,1-7H3,(H,87,88)(H,89,90)/t74?,75-,76-,77-/m1/s1. The molecule has 0 aromatic heterocycles. The Morgan fingerprint density at radius 1 is 0.290 bits per heavy atom. The maximum atomic E-state index is 13.1. The molecule has 3 unspecified atom stereocenters. The number of carbonyl (C=O) groups is 4. The lowest BCUT2D eigenvalue weighted by Gasteiger charge is -2.21. The minimum absolute atomic E-state index is 0.106. The predicted molar refractivity (Wildman–Crippen MR) is 409 cm³/mol. The Balaban J connectivity index is 5.26. The lowest BCUT2D eigenvalue weighted by atomic mass is 9.99. The summed E-state index contributed by atoms with van der Waals surface area (Å²) in [6.45, 7) is 12.0. The topological polar surface area (TPSA) is 237 Å². The minimum Gasteiger partial charge on any atom is -0.462 e. The van der Waals surface area contributed by atoms with E-state index in [4.69, 9.17) is 37.0 Å². The van der Waals surface area contributed by atoms with Crippen LogP contribution >= 0.6 is 15.6 Å². The molecule has 19 heteroatoms. The second-order valence-electron chi connectivity index (χ2n) is 30.4. The Morgan fingerprint density at radius 2 is 0.510 bits per heavy atom. The zero-order chi connectivity index (χ0) is 73.7. The molecule has 6 atom stereocenters. The van der Waals surface area contributed by atoms with E-state index in [0.717, 1.165) is 108 Å². The number of hydrogen-bond acceptors (Lipinski definition) is 15. The molecule has 0 radical (unpaired) electrons. The van der Waals surface area contributed by atoms with Gasteiger partial charge < -0.3 is 33.8 Å². The van der Waals surface area contributed by atoms with Gasteiger partial charge in [0.2, 0.25) is 0 Å². The molecule has 17 nitrogen and oxygen atoms in total. The van der Waals surface area contributed by atoms with Gasteiger partial charge in [0.25, 0.3) is 0 Å². The molecule has 3 N–H and O–H groups in total. The summed E-state index contributed by atoms with van der Waals surface area (Å²) < 4.78 is 68.7. The summed E-state index contributed by atoms with van der Waals surface area (Å²) in [5, 5.41) is 10.6. The first-order chi connectivity index (χ1) is 48.3. The molecule has 0 saturated carbocycles. The Hall–Kier alpha value is -1.94. The van der Waals surface area contributed by atoms with Crippen LogP contribution in [0.3, 0.4) is 0 Å². The molecular weight excluding hydrogens is 1310 g/mol. The largest absolute Gasteiger partial charge is 0.472 e. The number of phosphoric ester groups is 2. The molecule has 0 bridgehead atoms. The number of aliphatic hydroxyl groups excluding tert-OH is 1. The molecular formula is C81H158O17P2. The molecule has 100 heavy (non-hydrogen) atoms. The van der Waals surface area contributed by atoms with Gasteiger partial charge in [-0.05, 0) is 43.4 Å². The van der Waals surface area contributed by atoms with Crippen molar-refractivity contribution in [2.75, 3.05) is 39.6 Å². The van der Waals surface area contributed by atoms with Gasteiger partial charge in [-0.2, -0.15) is 0 Å². The summed E-state index contributed by atoms with van der Waals surface area (Å²) in [6.07, 6.45) is 59.5. The Morgan fingerprint density at radius 3 is 0.760 bits per heavy atom. The summed E-state index contributed by atoms with van der Waals surface area (Å²) >= 11 is 0. The van der Waals surface area contributed by atoms with Gasteiger partial charge in [-0.15, -0.1) is 0 Å². The van der Waals surface area contributed by atoms with Crippen LogP contribution in [0.4, 0.5) is 0 Å². The second-order valence-corrected chi connectivity index (χ2v) is 33.3. The van der Waals surface area contributed by atoms with Gasteiger partial charge in [0, 0.05) is 25.7 Å². The second kappa shape index (κ2) is 71.3.